The van der Waals surface area contributed by atoms with Crippen molar-refractivity contribution in [2.45, 2.75) is 6.92 Å². The van der Waals surface area contributed by atoms with Crippen molar-refractivity contribution >= 4 is 34.8 Å². The molecule has 5 nitrogen and oxygen atoms in total. The Morgan fingerprint density at radius 1 is 1.15 bits per heavy atom. The average Bonchev–Trinajstić information content (AvgIpc) is 3.10. The van der Waals surface area contributed by atoms with Gasteiger partial charge in [-0.1, -0.05) is 35.3 Å². The Kier molecular flexibility index (Phi) is 5.35. The van der Waals surface area contributed by atoms with E-state index < -0.39 is 5.91 Å². The standard InChI is InChI=1S/C18H13Cl2FN4O/c1-10(11-2-5-13(21)6-3-11)22-25-18(26)17-9-16(23-24-17)14-7-4-12(19)8-15(14)20/h2-9H,1H3,(H,23,24)(H,25,26). The number of hydrogen-bond donors (Lipinski definition) is 2. The number of amides is 1. The fraction of sp³-hybridized carbons (Fsp3) is 0.0556. The highest BCUT2D eigenvalue weighted by Gasteiger charge is 2.13. The molecule has 0 saturated heterocycles. The van der Waals surface area contributed by atoms with Crippen LogP contribution in [0.1, 0.15) is 23.0 Å². The second kappa shape index (κ2) is 7.68. The zero-order valence-corrected chi connectivity index (χ0v) is 15.1. The first kappa shape index (κ1) is 18.1. The Hall–Kier alpha value is -2.70. The van der Waals surface area contributed by atoms with E-state index in [9.17, 15) is 9.18 Å². The number of carbonyl (C=O) groups is 1. The number of H-pyrrole nitrogens is 1. The lowest BCUT2D eigenvalue weighted by molar-refractivity contribution is 0.0950. The first-order valence-electron chi connectivity index (χ1n) is 7.55. The highest BCUT2D eigenvalue weighted by molar-refractivity contribution is 6.36. The molecule has 0 saturated carbocycles. The topological polar surface area (TPSA) is 70.1 Å². The normalized spacial score (nSPS) is 11.5. The molecule has 0 aliphatic heterocycles. The van der Waals surface area contributed by atoms with Gasteiger partial charge in [0.1, 0.15) is 11.5 Å². The molecule has 0 fully saturated rings. The molecule has 0 bridgehead atoms. The number of halogens is 3. The molecule has 132 valence electrons. The third-order valence-corrected chi connectivity index (χ3v) is 4.16. The third kappa shape index (κ3) is 4.09. The van der Waals surface area contributed by atoms with Crippen LogP contribution in [0.15, 0.2) is 53.6 Å². The van der Waals surface area contributed by atoms with Crippen molar-refractivity contribution in [2.24, 2.45) is 5.10 Å². The summed E-state index contributed by atoms with van der Waals surface area (Å²) >= 11 is 12.0. The molecule has 1 aromatic heterocycles. The number of rotatable bonds is 4. The second-order valence-corrected chi connectivity index (χ2v) is 6.28. The number of hydrazone groups is 1. The van der Waals surface area contributed by atoms with Gasteiger partial charge in [-0.25, -0.2) is 9.82 Å². The van der Waals surface area contributed by atoms with Crippen LogP contribution in [0.2, 0.25) is 10.0 Å². The van der Waals surface area contributed by atoms with Gasteiger partial charge in [-0.15, -0.1) is 0 Å². The summed E-state index contributed by atoms with van der Waals surface area (Å²) in [6, 6.07) is 12.4. The molecular formula is C18H13Cl2FN4O. The molecule has 0 atom stereocenters. The number of benzene rings is 2. The maximum absolute atomic E-state index is 12.9. The summed E-state index contributed by atoms with van der Waals surface area (Å²) in [5, 5.41) is 11.7. The first-order valence-corrected chi connectivity index (χ1v) is 8.31. The zero-order chi connectivity index (χ0) is 18.7. The quantitative estimate of drug-likeness (QED) is 0.501. The van der Waals surface area contributed by atoms with Crippen molar-refractivity contribution in [1.82, 2.24) is 15.6 Å². The predicted octanol–water partition coefficient (Wildman–Crippen LogP) is 4.68. The largest absolute Gasteiger partial charge is 0.289 e. The fourth-order valence-electron chi connectivity index (χ4n) is 2.22. The van der Waals surface area contributed by atoms with Crippen molar-refractivity contribution in [3.05, 3.63) is 75.7 Å². The highest BCUT2D eigenvalue weighted by Crippen LogP contribution is 2.29. The van der Waals surface area contributed by atoms with Crippen molar-refractivity contribution < 1.29 is 9.18 Å². The summed E-state index contributed by atoms with van der Waals surface area (Å²) < 4.78 is 12.9. The Balaban J connectivity index is 1.74. The van der Waals surface area contributed by atoms with Crippen molar-refractivity contribution in [1.29, 1.82) is 0 Å². The van der Waals surface area contributed by atoms with Crippen molar-refractivity contribution in [3.8, 4) is 11.3 Å². The summed E-state index contributed by atoms with van der Waals surface area (Å²) in [4.78, 5) is 12.2. The molecular weight excluding hydrogens is 378 g/mol. The van der Waals surface area contributed by atoms with Crippen LogP contribution in [0.25, 0.3) is 11.3 Å². The number of hydrogen-bond acceptors (Lipinski definition) is 3. The smallest absolute Gasteiger partial charge is 0.272 e. The molecule has 0 radical (unpaired) electrons. The SMILES string of the molecule is CC(=NNC(=O)c1cc(-c2ccc(Cl)cc2Cl)n[nH]1)c1ccc(F)cc1. The van der Waals surface area contributed by atoms with Gasteiger partial charge >= 0.3 is 0 Å². The van der Waals surface area contributed by atoms with E-state index in [1.807, 2.05) is 0 Å². The molecule has 0 aliphatic carbocycles. The lowest BCUT2D eigenvalue weighted by atomic mass is 10.1. The Morgan fingerprint density at radius 2 is 1.88 bits per heavy atom. The molecule has 0 aliphatic rings. The molecule has 0 spiro atoms. The number of carbonyl (C=O) groups excluding carboxylic acids is 1. The maximum Gasteiger partial charge on any atom is 0.289 e. The van der Waals surface area contributed by atoms with Crippen LogP contribution in [0.4, 0.5) is 4.39 Å². The molecule has 8 heteroatoms. The number of nitrogens with zero attached hydrogens (tertiary/aromatic N) is 2. The monoisotopic (exact) mass is 390 g/mol. The molecule has 2 N–H and O–H groups in total. The number of nitrogens with one attached hydrogen (secondary N) is 2. The lowest BCUT2D eigenvalue weighted by Gasteiger charge is -2.02. The van der Waals surface area contributed by atoms with Crippen LogP contribution in [-0.2, 0) is 0 Å². The molecule has 1 heterocycles. The fourth-order valence-corrected chi connectivity index (χ4v) is 2.73. The van der Waals surface area contributed by atoms with Crippen LogP contribution < -0.4 is 5.43 Å². The summed E-state index contributed by atoms with van der Waals surface area (Å²) in [5.74, 6) is -0.799. The lowest BCUT2D eigenvalue weighted by Crippen LogP contribution is -2.19. The third-order valence-electron chi connectivity index (χ3n) is 3.62. The van der Waals surface area contributed by atoms with Crippen LogP contribution in [0.5, 0.6) is 0 Å². The average molecular weight is 391 g/mol. The maximum atomic E-state index is 12.9. The van der Waals surface area contributed by atoms with Gasteiger partial charge in [-0.3, -0.25) is 9.89 Å². The van der Waals surface area contributed by atoms with Crippen LogP contribution in [-0.4, -0.2) is 21.8 Å². The molecule has 2 aromatic carbocycles. The Labute approximate surface area is 158 Å². The van der Waals surface area contributed by atoms with E-state index in [4.69, 9.17) is 23.2 Å². The van der Waals surface area contributed by atoms with Gasteiger partial charge in [0.15, 0.2) is 0 Å². The number of aromatic nitrogens is 2. The predicted molar refractivity (Wildman–Crippen MR) is 100 cm³/mol. The van der Waals surface area contributed by atoms with Gasteiger partial charge in [0.05, 0.1) is 16.4 Å². The van der Waals surface area contributed by atoms with E-state index in [0.29, 0.717) is 32.6 Å². The molecule has 3 aromatic rings. The minimum absolute atomic E-state index is 0.224. The minimum Gasteiger partial charge on any atom is -0.272 e. The van der Waals surface area contributed by atoms with Crippen LogP contribution >= 0.6 is 23.2 Å². The number of aromatic amines is 1. The van der Waals surface area contributed by atoms with Crippen molar-refractivity contribution in [2.75, 3.05) is 0 Å². The summed E-state index contributed by atoms with van der Waals surface area (Å²) in [6.45, 7) is 1.71. The van der Waals surface area contributed by atoms with Gasteiger partial charge in [0.25, 0.3) is 5.91 Å². The molecule has 3 rings (SSSR count). The van der Waals surface area contributed by atoms with Crippen molar-refractivity contribution in [3.63, 3.8) is 0 Å². The van der Waals surface area contributed by atoms with Crippen LogP contribution in [0, 0.1) is 5.82 Å². The molecule has 0 unspecified atom stereocenters. The summed E-state index contributed by atoms with van der Waals surface area (Å²) in [5.41, 5.74) is 5.05. The van der Waals surface area contributed by atoms with Crippen LogP contribution in [0.3, 0.4) is 0 Å². The van der Waals surface area contributed by atoms with E-state index in [-0.39, 0.29) is 11.5 Å². The van der Waals surface area contributed by atoms with E-state index in [1.54, 1.807) is 43.3 Å². The van der Waals surface area contributed by atoms with Gasteiger partial charge in [-0.2, -0.15) is 10.2 Å². The minimum atomic E-state index is -0.463. The Bertz CT molecular complexity index is 983. The molecule has 1 amide bonds. The van der Waals surface area contributed by atoms with Gasteiger partial charge in [0.2, 0.25) is 0 Å². The zero-order valence-electron chi connectivity index (χ0n) is 13.6. The van der Waals surface area contributed by atoms with Gasteiger partial charge < -0.3 is 0 Å². The van der Waals surface area contributed by atoms with E-state index in [0.717, 1.165) is 0 Å². The first-order chi connectivity index (χ1) is 12.4. The van der Waals surface area contributed by atoms with E-state index >= 15 is 0 Å². The summed E-state index contributed by atoms with van der Waals surface area (Å²) in [6.07, 6.45) is 0. The van der Waals surface area contributed by atoms with Gasteiger partial charge in [-0.05, 0) is 48.9 Å². The second-order valence-electron chi connectivity index (χ2n) is 5.44. The summed E-state index contributed by atoms with van der Waals surface area (Å²) in [7, 11) is 0. The Morgan fingerprint density at radius 3 is 2.58 bits per heavy atom. The van der Waals surface area contributed by atoms with E-state index in [1.165, 1.54) is 12.1 Å². The van der Waals surface area contributed by atoms with E-state index in [2.05, 4.69) is 20.7 Å². The highest BCUT2D eigenvalue weighted by atomic mass is 35.5. The molecule has 26 heavy (non-hydrogen) atoms. The van der Waals surface area contributed by atoms with Gasteiger partial charge in [0, 0.05) is 10.6 Å².